The van der Waals surface area contributed by atoms with E-state index < -0.39 is 11.7 Å². The highest BCUT2D eigenvalue weighted by molar-refractivity contribution is 6.33. The third-order valence-corrected chi connectivity index (χ3v) is 3.16. The van der Waals surface area contributed by atoms with Crippen molar-refractivity contribution in [1.82, 2.24) is 10.2 Å². The third-order valence-electron chi connectivity index (χ3n) is 2.83. The normalized spacial score (nSPS) is 10.5. The lowest BCUT2D eigenvalue weighted by atomic mass is 10.2. The fourth-order valence-corrected chi connectivity index (χ4v) is 1.99. The van der Waals surface area contributed by atoms with E-state index >= 15 is 0 Å². The lowest BCUT2D eigenvalue weighted by Crippen LogP contribution is -2.12. The zero-order valence-electron chi connectivity index (χ0n) is 11.1. The zero-order valence-corrected chi connectivity index (χ0v) is 11.8. The van der Waals surface area contributed by atoms with Crippen LogP contribution in [0.2, 0.25) is 5.02 Å². The van der Waals surface area contributed by atoms with Crippen molar-refractivity contribution in [3.8, 4) is 11.5 Å². The number of carbonyl (C=O) groups is 1. The molecular formula is C15H9ClFN3O2. The molecule has 0 aliphatic rings. The second kappa shape index (κ2) is 5.95. The molecule has 2 aromatic carbocycles. The van der Waals surface area contributed by atoms with Crippen molar-refractivity contribution < 1.29 is 13.6 Å². The van der Waals surface area contributed by atoms with Gasteiger partial charge in [0.05, 0.1) is 10.6 Å². The van der Waals surface area contributed by atoms with Crippen LogP contribution >= 0.6 is 11.6 Å². The fourth-order valence-electron chi connectivity index (χ4n) is 1.78. The van der Waals surface area contributed by atoms with E-state index in [1.165, 1.54) is 24.3 Å². The van der Waals surface area contributed by atoms with E-state index in [1.54, 1.807) is 24.3 Å². The molecule has 0 aliphatic carbocycles. The molecule has 1 heterocycles. The van der Waals surface area contributed by atoms with Crippen molar-refractivity contribution in [2.75, 3.05) is 5.32 Å². The molecule has 110 valence electrons. The topological polar surface area (TPSA) is 68.0 Å². The average molecular weight is 318 g/mol. The number of nitrogens with zero attached hydrogens (tertiary/aromatic N) is 2. The molecule has 5 nitrogen and oxygen atoms in total. The summed E-state index contributed by atoms with van der Waals surface area (Å²) in [4.78, 5) is 12.0. The molecule has 1 amide bonds. The van der Waals surface area contributed by atoms with Crippen molar-refractivity contribution in [1.29, 1.82) is 0 Å². The maximum absolute atomic E-state index is 12.8. The minimum atomic E-state index is -0.586. The summed E-state index contributed by atoms with van der Waals surface area (Å²) in [5.41, 5.74) is 0.960. The van der Waals surface area contributed by atoms with Gasteiger partial charge in [0.15, 0.2) is 0 Å². The monoisotopic (exact) mass is 317 g/mol. The predicted molar refractivity (Wildman–Crippen MR) is 79.1 cm³/mol. The predicted octanol–water partition coefficient (Wildman–Crippen LogP) is 3.78. The number of nitrogens with one attached hydrogen (secondary N) is 1. The second-order valence-electron chi connectivity index (χ2n) is 4.35. The molecule has 0 atom stereocenters. The van der Waals surface area contributed by atoms with E-state index in [4.69, 9.17) is 16.0 Å². The molecule has 22 heavy (non-hydrogen) atoms. The second-order valence-corrected chi connectivity index (χ2v) is 4.76. The van der Waals surface area contributed by atoms with Crippen LogP contribution in [-0.4, -0.2) is 16.1 Å². The lowest BCUT2D eigenvalue weighted by molar-refractivity contribution is 0.0991. The van der Waals surface area contributed by atoms with E-state index in [0.717, 1.165) is 0 Å². The van der Waals surface area contributed by atoms with Gasteiger partial charge in [0, 0.05) is 5.69 Å². The third kappa shape index (κ3) is 2.96. The first-order chi connectivity index (χ1) is 10.6. The molecular weight excluding hydrogens is 309 g/mol. The fraction of sp³-hybridized carbons (Fsp3) is 0. The Bertz CT molecular complexity index is 818. The van der Waals surface area contributed by atoms with E-state index in [1.807, 2.05) is 0 Å². The van der Waals surface area contributed by atoms with Crippen molar-refractivity contribution in [3.63, 3.8) is 0 Å². The van der Waals surface area contributed by atoms with Crippen LogP contribution in [0.3, 0.4) is 0 Å². The first-order valence-electron chi connectivity index (χ1n) is 6.29. The van der Waals surface area contributed by atoms with Gasteiger partial charge in [-0.3, -0.25) is 4.79 Å². The maximum atomic E-state index is 12.8. The van der Waals surface area contributed by atoms with Crippen molar-refractivity contribution in [2.45, 2.75) is 0 Å². The lowest BCUT2D eigenvalue weighted by Gasteiger charge is -2.01. The molecule has 1 aromatic heterocycles. The number of anilines is 1. The number of benzene rings is 2. The quantitative estimate of drug-likeness (QED) is 0.798. The Morgan fingerprint density at radius 1 is 1.09 bits per heavy atom. The smallest absolute Gasteiger partial charge is 0.313 e. The van der Waals surface area contributed by atoms with E-state index in [2.05, 4.69) is 15.5 Å². The molecule has 3 aromatic rings. The summed E-state index contributed by atoms with van der Waals surface area (Å²) in [6.45, 7) is 0. The maximum Gasteiger partial charge on any atom is 0.313 e. The Morgan fingerprint density at radius 3 is 2.55 bits per heavy atom. The Kier molecular flexibility index (Phi) is 3.84. The molecule has 0 aliphatic heterocycles. The van der Waals surface area contributed by atoms with Gasteiger partial charge in [0.2, 0.25) is 5.89 Å². The van der Waals surface area contributed by atoms with Gasteiger partial charge in [-0.1, -0.05) is 23.7 Å². The number of carbonyl (C=O) groups excluding carboxylic acids is 1. The van der Waals surface area contributed by atoms with Crippen molar-refractivity contribution >= 4 is 23.2 Å². The summed E-state index contributed by atoms with van der Waals surface area (Å²) >= 11 is 6.03. The SMILES string of the molecule is O=C(Nc1ccc(F)cc1)c1nnc(-c2ccccc2Cl)o1. The van der Waals surface area contributed by atoms with Gasteiger partial charge >= 0.3 is 11.8 Å². The minimum Gasteiger partial charge on any atom is -0.412 e. The molecule has 0 saturated carbocycles. The van der Waals surface area contributed by atoms with Gasteiger partial charge in [-0.15, -0.1) is 10.2 Å². The molecule has 0 saturated heterocycles. The first kappa shape index (κ1) is 14.2. The number of amides is 1. The van der Waals surface area contributed by atoms with Crippen LogP contribution in [0, 0.1) is 5.82 Å². The highest BCUT2D eigenvalue weighted by Crippen LogP contribution is 2.26. The standard InChI is InChI=1S/C15H9ClFN3O2/c16-12-4-2-1-3-11(12)14-19-20-15(22-14)13(21)18-10-7-5-9(17)6-8-10/h1-8H,(H,18,21). The van der Waals surface area contributed by atoms with Crippen molar-refractivity contribution in [3.05, 3.63) is 65.3 Å². The van der Waals surface area contributed by atoms with Crippen LogP contribution in [0.25, 0.3) is 11.5 Å². The van der Waals surface area contributed by atoms with Crippen molar-refractivity contribution in [2.24, 2.45) is 0 Å². The van der Waals surface area contributed by atoms with Gasteiger partial charge in [-0.25, -0.2) is 4.39 Å². The number of aromatic nitrogens is 2. The summed E-state index contributed by atoms with van der Waals surface area (Å²) in [7, 11) is 0. The summed E-state index contributed by atoms with van der Waals surface area (Å²) in [6, 6.07) is 12.2. The first-order valence-corrected chi connectivity index (χ1v) is 6.66. The molecule has 0 fully saturated rings. The van der Waals surface area contributed by atoms with Crippen LogP contribution < -0.4 is 5.32 Å². The van der Waals surface area contributed by atoms with Crippen LogP contribution in [0.5, 0.6) is 0 Å². The van der Waals surface area contributed by atoms with Crippen LogP contribution in [0.15, 0.2) is 52.9 Å². The number of hydrogen-bond donors (Lipinski definition) is 1. The Balaban J connectivity index is 1.80. The summed E-state index contributed by atoms with van der Waals surface area (Å²) in [5.74, 6) is -1.04. The van der Waals surface area contributed by atoms with Crippen LogP contribution in [0.4, 0.5) is 10.1 Å². The summed E-state index contributed by atoms with van der Waals surface area (Å²) in [6.07, 6.45) is 0. The number of rotatable bonds is 3. The van der Waals surface area contributed by atoms with Gasteiger partial charge < -0.3 is 9.73 Å². The molecule has 0 bridgehead atoms. The average Bonchev–Trinajstić information content (AvgIpc) is 3.00. The molecule has 3 rings (SSSR count). The van der Waals surface area contributed by atoms with Crippen LogP contribution in [-0.2, 0) is 0 Å². The summed E-state index contributed by atoms with van der Waals surface area (Å²) < 4.78 is 18.1. The molecule has 0 unspecified atom stereocenters. The molecule has 0 spiro atoms. The van der Waals surface area contributed by atoms with Gasteiger partial charge in [-0.2, -0.15) is 0 Å². The number of halogens is 2. The Morgan fingerprint density at radius 2 is 1.82 bits per heavy atom. The van der Waals surface area contributed by atoms with Crippen LogP contribution in [0.1, 0.15) is 10.7 Å². The largest absolute Gasteiger partial charge is 0.412 e. The van der Waals surface area contributed by atoms with Gasteiger partial charge in [0.1, 0.15) is 5.82 Å². The molecule has 0 radical (unpaired) electrons. The number of hydrogen-bond acceptors (Lipinski definition) is 4. The minimum absolute atomic E-state index is 0.148. The van der Waals surface area contributed by atoms with Gasteiger partial charge in [0.25, 0.3) is 0 Å². The molecule has 1 N–H and O–H groups in total. The zero-order chi connectivity index (χ0) is 15.5. The van der Waals surface area contributed by atoms with E-state index in [0.29, 0.717) is 16.3 Å². The summed E-state index contributed by atoms with van der Waals surface area (Å²) in [5, 5.41) is 10.5. The molecule has 7 heteroatoms. The Hall–Kier alpha value is -2.73. The van der Waals surface area contributed by atoms with E-state index in [-0.39, 0.29) is 11.8 Å². The van der Waals surface area contributed by atoms with Gasteiger partial charge in [-0.05, 0) is 36.4 Å². The Labute approximate surface area is 129 Å². The highest BCUT2D eigenvalue weighted by Gasteiger charge is 2.17. The van der Waals surface area contributed by atoms with E-state index in [9.17, 15) is 9.18 Å². The highest BCUT2D eigenvalue weighted by atomic mass is 35.5.